The second kappa shape index (κ2) is 3.62. The minimum Gasteiger partial charge on any atom is -0.358 e. The van der Waals surface area contributed by atoms with E-state index in [1.54, 1.807) is 6.92 Å². The van der Waals surface area contributed by atoms with E-state index in [1.165, 1.54) is 27.7 Å². The van der Waals surface area contributed by atoms with Crippen molar-refractivity contribution < 1.29 is 4.79 Å². The van der Waals surface area contributed by atoms with E-state index in [0.717, 1.165) is 19.5 Å². The van der Waals surface area contributed by atoms with Gasteiger partial charge in [-0.1, -0.05) is 12.1 Å². The quantitative estimate of drug-likeness (QED) is 0.738. The van der Waals surface area contributed by atoms with Crippen LogP contribution in [0.2, 0.25) is 0 Å². The van der Waals surface area contributed by atoms with Crippen LogP contribution >= 0.6 is 0 Å². The highest BCUT2D eigenvalue weighted by molar-refractivity contribution is 5.86. The lowest BCUT2D eigenvalue weighted by molar-refractivity contribution is -0.129. The molecular weight excluding hydrogens is 212 g/mol. The molecule has 1 aliphatic rings. The zero-order chi connectivity index (χ0) is 12.0. The standard InChI is InChI=1S/C14H16N2O/c1-9-3-4-11-12-8-16(10(2)17)6-5-13(12)15-14(11)7-9/h3-4,7,15H,5-6,8H2,1-2H3. The lowest BCUT2D eigenvalue weighted by atomic mass is 10.0. The molecule has 0 unspecified atom stereocenters. The normalized spacial score (nSPS) is 15.1. The summed E-state index contributed by atoms with van der Waals surface area (Å²) in [4.78, 5) is 16.8. The van der Waals surface area contributed by atoms with E-state index in [2.05, 4.69) is 30.1 Å². The molecule has 1 aromatic carbocycles. The van der Waals surface area contributed by atoms with E-state index in [4.69, 9.17) is 0 Å². The highest BCUT2D eigenvalue weighted by Gasteiger charge is 2.21. The van der Waals surface area contributed by atoms with Crippen LogP contribution in [0.5, 0.6) is 0 Å². The summed E-state index contributed by atoms with van der Waals surface area (Å²) in [5, 5.41) is 1.26. The first kappa shape index (κ1) is 10.4. The molecule has 1 amide bonds. The Hall–Kier alpha value is -1.77. The third-order valence-electron chi connectivity index (χ3n) is 3.58. The minimum atomic E-state index is 0.164. The van der Waals surface area contributed by atoms with Gasteiger partial charge in [-0.15, -0.1) is 0 Å². The highest BCUT2D eigenvalue weighted by Crippen LogP contribution is 2.28. The van der Waals surface area contributed by atoms with E-state index >= 15 is 0 Å². The zero-order valence-corrected chi connectivity index (χ0v) is 10.2. The first-order chi connectivity index (χ1) is 8.15. The van der Waals surface area contributed by atoms with E-state index in [9.17, 15) is 4.79 Å². The largest absolute Gasteiger partial charge is 0.358 e. The van der Waals surface area contributed by atoms with Gasteiger partial charge in [0.2, 0.25) is 5.91 Å². The number of carbonyl (C=O) groups is 1. The van der Waals surface area contributed by atoms with Gasteiger partial charge in [-0.25, -0.2) is 0 Å². The predicted molar refractivity (Wildman–Crippen MR) is 67.8 cm³/mol. The Morgan fingerprint density at radius 1 is 1.41 bits per heavy atom. The number of hydrogen-bond acceptors (Lipinski definition) is 1. The third-order valence-corrected chi connectivity index (χ3v) is 3.58. The summed E-state index contributed by atoms with van der Waals surface area (Å²) >= 11 is 0. The summed E-state index contributed by atoms with van der Waals surface area (Å²) < 4.78 is 0. The molecule has 0 aliphatic carbocycles. The summed E-state index contributed by atoms with van der Waals surface area (Å²) in [5.74, 6) is 0.164. The van der Waals surface area contributed by atoms with Crippen LogP contribution in [0.3, 0.4) is 0 Å². The topological polar surface area (TPSA) is 36.1 Å². The molecule has 2 aromatic rings. The average molecular weight is 228 g/mol. The number of aryl methyl sites for hydroxylation is 1. The molecule has 2 heterocycles. The van der Waals surface area contributed by atoms with Gasteiger partial charge in [-0.2, -0.15) is 0 Å². The third kappa shape index (κ3) is 1.62. The van der Waals surface area contributed by atoms with Gasteiger partial charge in [-0.3, -0.25) is 4.79 Å². The maximum absolute atomic E-state index is 11.4. The molecule has 0 saturated heterocycles. The Morgan fingerprint density at radius 3 is 3.00 bits per heavy atom. The Bertz CT molecular complexity index is 598. The lowest BCUT2D eigenvalue weighted by Gasteiger charge is -2.25. The first-order valence-corrected chi connectivity index (χ1v) is 6.01. The van der Waals surface area contributed by atoms with Crippen LogP contribution in [-0.2, 0) is 17.8 Å². The number of nitrogens with zero attached hydrogens (tertiary/aromatic N) is 1. The van der Waals surface area contributed by atoms with Gasteiger partial charge >= 0.3 is 0 Å². The Kier molecular flexibility index (Phi) is 2.21. The van der Waals surface area contributed by atoms with Gasteiger partial charge in [0.15, 0.2) is 0 Å². The van der Waals surface area contributed by atoms with Crippen molar-refractivity contribution in [3.05, 3.63) is 35.0 Å². The van der Waals surface area contributed by atoms with Crippen molar-refractivity contribution in [2.24, 2.45) is 0 Å². The summed E-state index contributed by atoms with van der Waals surface area (Å²) in [6, 6.07) is 6.46. The fourth-order valence-electron chi connectivity index (χ4n) is 2.60. The van der Waals surface area contributed by atoms with Gasteiger partial charge in [-0.05, 0) is 18.6 Å². The average Bonchev–Trinajstić information content (AvgIpc) is 2.64. The lowest BCUT2D eigenvalue weighted by Crippen LogP contribution is -2.33. The maximum atomic E-state index is 11.4. The van der Waals surface area contributed by atoms with Crippen molar-refractivity contribution >= 4 is 16.8 Å². The van der Waals surface area contributed by atoms with Crippen molar-refractivity contribution in [3.8, 4) is 0 Å². The molecule has 0 bridgehead atoms. The van der Waals surface area contributed by atoms with E-state index in [1.807, 2.05) is 4.90 Å². The summed E-state index contributed by atoms with van der Waals surface area (Å²) in [6.07, 6.45) is 0.933. The molecule has 88 valence electrons. The summed E-state index contributed by atoms with van der Waals surface area (Å²) in [5.41, 5.74) is 5.05. The number of carbonyl (C=O) groups excluding carboxylic acids is 1. The first-order valence-electron chi connectivity index (χ1n) is 6.01. The number of benzene rings is 1. The molecule has 17 heavy (non-hydrogen) atoms. The van der Waals surface area contributed by atoms with Crippen LogP contribution in [0.4, 0.5) is 0 Å². The highest BCUT2D eigenvalue weighted by atomic mass is 16.2. The predicted octanol–water partition coefficient (Wildman–Crippen LogP) is 2.38. The number of nitrogens with one attached hydrogen (secondary N) is 1. The molecule has 3 rings (SSSR count). The Balaban J connectivity index is 2.12. The van der Waals surface area contributed by atoms with Gasteiger partial charge in [0.25, 0.3) is 0 Å². The zero-order valence-electron chi connectivity index (χ0n) is 10.2. The number of H-pyrrole nitrogens is 1. The van der Waals surface area contributed by atoms with E-state index < -0.39 is 0 Å². The number of hydrogen-bond donors (Lipinski definition) is 1. The molecule has 0 atom stereocenters. The summed E-state index contributed by atoms with van der Waals surface area (Å²) in [7, 11) is 0. The van der Waals surface area contributed by atoms with Crippen LogP contribution in [-0.4, -0.2) is 22.3 Å². The minimum absolute atomic E-state index is 0.164. The Labute approximate surface area is 100 Å². The van der Waals surface area contributed by atoms with E-state index in [0.29, 0.717) is 0 Å². The SMILES string of the molecule is CC(=O)N1CCc2[nH]c3cc(C)ccc3c2C1. The van der Waals surface area contributed by atoms with Crippen LogP contribution in [0.1, 0.15) is 23.7 Å². The molecule has 1 aliphatic heterocycles. The van der Waals surface area contributed by atoms with Gasteiger partial charge in [0.1, 0.15) is 0 Å². The molecule has 0 fully saturated rings. The smallest absolute Gasteiger partial charge is 0.219 e. The molecule has 1 N–H and O–H groups in total. The molecule has 0 saturated carbocycles. The van der Waals surface area contributed by atoms with Crippen molar-refractivity contribution in [3.63, 3.8) is 0 Å². The molecule has 3 heteroatoms. The fourth-order valence-corrected chi connectivity index (χ4v) is 2.60. The van der Waals surface area contributed by atoms with Crippen molar-refractivity contribution in [2.45, 2.75) is 26.8 Å². The van der Waals surface area contributed by atoms with Crippen LogP contribution < -0.4 is 0 Å². The number of amides is 1. The Morgan fingerprint density at radius 2 is 2.24 bits per heavy atom. The van der Waals surface area contributed by atoms with Crippen molar-refractivity contribution in [1.82, 2.24) is 9.88 Å². The molecule has 0 radical (unpaired) electrons. The molecule has 0 spiro atoms. The van der Waals surface area contributed by atoms with Crippen LogP contribution in [0, 0.1) is 6.92 Å². The molecule has 3 nitrogen and oxygen atoms in total. The maximum Gasteiger partial charge on any atom is 0.219 e. The molecule has 1 aromatic heterocycles. The second-order valence-electron chi connectivity index (χ2n) is 4.82. The fraction of sp³-hybridized carbons (Fsp3) is 0.357. The van der Waals surface area contributed by atoms with Crippen LogP contribution in [0.15, 0.2) is 18.2 Å². The van der Waals surface area contributed by atoms with Gasteiger partial charge in [0, 0.05) is 48.6 Å². The number of aromatic nitrogens is 1. The number of rotatable bonds is 0. The van der Waals surface area contributed by atoms with Crippen molar-refractivity contribution in [1.29, 1.82) is 0 Å². The van der Waals surface area contributed by atoms with Crippen molar-refractivity contribution in [2.75, 3.05) is 6.54 Å². The molecular formula is C14H16N2O. The number of aromatic amines is 1. The summed E-state index contributed by atoms with van der Waals surface area (Å²) in [6.45, 7) is 5.31. The van der Waals surface area contributed by atoms with Gasteiger partial charge < -0.3 is 9.88 Å². The monoisotopic (exact) mass is 228 g/mol. The number of fused-ring (bicyclic) bond motifs is 3. The van der Waals surface area contributed by atoms with Gasteiger partial charge in [0.05, 0.1) is 0 Å². The second-order valence-corrected chi connectivity index (χ2v) is 4.82. The van der Waals surface area contributed by atoms with E-state index in [-0.39, 0.29) is 5.91 Å². The van der Waals surface area contributed by atoms with Crippen LogP contribution in [0.25, 0.3) is 10.9 Å².